The van der Waals surface area contributed by atoms with Crippen molar-refractivity contribution >= 4 is 12.0 Å². The molecule has 0 rings (SSSR count). The predicted octanol–water partition coefficient (Wildman–Crippen LogP) is 0.494. The van der Waals surface area contributed by atoms with E-state index in [9.17, 15) is 9.59 Å². The van der Waals surface area contributed by atoms with Gasteiger partial charge in [0.2, 0.25) is 5.91 Å². The Bertz CT molecular complexity index is 261. The Hall–Kier alpha value is -1.30. The van der Waals surface area contributed by atoms with Crippen molar-refractivity contribution in [2.45, 2.75) is 51.7 Å². The van der Waals surface area contributed by atoms with Crippen molar-refractivity contribution in [3.63, 3.8) is 0 Å². The molecule has 6 nitrogen and oxygen atoms in total. The lowest BCUT2D eigenvalue weighted by Crippen LogP contribution is -2.46. The number of carbonyl (C=O) groups is 2. The molecule has 0 aromatic rings. The van der Waals surface area contributed by atoms with Crippen LogP contribution in [0.25, 0.3) is 0 Å². The summed E-state index contributed by atoms with van der Waals surface area (Å²) in [6, 6.07) is -0.698. The number of amides is 2. The summed E-state index contributed by atoms with van der Waals surface area (Å²) in [5.74, 6) is -0.562. The number of nitrogens with two attached hydrogens (primary N) is 2. The number of hydrogen-bond acceptors (Lipinski definition) is 4. The summed E-state index contributed by atoms with van der Waals surface area (Å²) < 4.78 is 5.04. The standard InChI is InChI=1S/C11H23N3O3/c1-11(2,3)17-10(16)14-8(9(13)15)6-4-5-7-12/h8H,4-7,12H2,1-3H3,(H2,13,15)(H,14,16)/t8-/m0/s1. The number of primary amides is 1. The molecular formula is C11H23N3O3. The molecule has 0 aromatic carbocycles. The molecule has 0 aliphatic rings. The van der Waals surface area contributed by atoms with E-state index < -0.39 is 23.6 Å². The molecule has 0 radical (unpaired) electrons. The number of unbranched alkanes of at least 4 members (excludes halogenated alkanes) is 1. The highest BCUT2D eigenvalue weighted by atomic mass is 16.6. The van der Waals surface area contributed by atoms with E-state index in [2.05, 4.69) is 5.32 Å². The maximum absolute atomic E-state index is 11.4. The van der Waals surface area contributed by atoms with Gasteiger partial charge in [0.15, 0.2) is 0 Å². The summed E-state index contributed by atoms with van der Waals surface area (Å²) in [6.07, 6.45) is 1.37. The van der Waals surface area contributed by atoms with Gasteiger partial charge in [-0.25, -0.2) is 4.79 Å². The van der Waals surface area contributed by atoms with Gasteiger partial charge in [0.05, 0.1) is 0 Å². The third kappa shape index (κ3) is 8.50. The first-order valence-corrected chi connectivity index (χ1v) is 5.75. The van der Waals surface area contributed by atoms with Crippen LogP contribution in [0.2, 0.25) is 0 Å². The summed E-state index contributed by atoms with van der Waals surface area (Å²) in [5, 5.41) is 2.46. The second-order valence-electron chi connectivity index (χ2n) is 4.89. The topological polar surface area (TPSA) is 107 Å². The van der Waals surface area contributed by atoms with Gasteiger partial charge in [-0.15, -0.1) is 0 Å². The van der Waals surface area contributed by atoms with Crippen molar-refractivity contribution in [3.8, 4) is 0 Å². The second-order valence-corrected chi connectivity index (χ2v) is 4.89. The zero-order valence-electron chi connectivity index (χ0n) is 10.8. The number of hydrogen-bond donors (Lipinski definition) is 3. The smallest absolute Gasteiger partial charge is 0.408 e. The van der Waals surface area contributed by atoms with E-state index in [4.69, 9.17) is 16.2 Å². The van der Waals surface area contributed by atoms with E-state index in [0.717, 1.165) is 12.8 Å². The highest BCUT2D eigenvalue weighted by molar-refractivity contribution is 5.84. The molecule has 0 bridgehead atoms. The van der Waals surface area contributed by atoms with E-state index in [1.54, 1.807) is 20.8 Å². The van der Waals surface area contributed by atoms with E-state index in [0.29, 0.717) is 13.0 Å². The summed E-state index contributed by atoms with van der Waals surface area (Å²) in [5.41, 5.74) is 9.94. The van der Waals surface area contributed by atoms with Gasteiger partial charge in [0, 0.05) is 0 Å². The number of nitrogens with one attached hydrogen (secondary N) is 1. The van der Waals surface area contributed by atoms with Crippen LogP contribution in [0, 0.1) is 0 Å². The van der Waals surface area contributed by atoms with E-state index in [1.165, 1.54) is 0 Å². The van der Waals surface area contributed by atoms with E-state index in [-0.39, 0.29) is 0 Å². The summed E-state index contributed by atoms with van der Waals surface area (Å²) in [6.45, 7) is 5.80. The van der Waals surface area contributed by atoms with Crippen LogP contribution in [0.15, 0.2) is 0 Å². The maximum Gasteiger partial charge on any atom is 0.408 e. The highest BCUT2D eigenvalue weighted by Gasteiger charge is 2.22. The van der Waals surface area contributed by atoms with Crippen molar-refractivity contribution in [2.75, 3.05) is 6.54 Å². The molecule has 0 aliphatic carbocycles. The average molecular weight is 245 g/mol. The highest BCUT2D eigenvalue weighted by Crippen LogP contribution is 2.08. The third-order valence-corrected chi connectivity index (χ3v) is 1.98. The van der Waals surface area contributed by atoms with Gasteiger partial charge in [-0.05, 0) is 46.6 Å². The molecule has 0 saturated carbocycles. The first kappa shape index (κ1) is 15.7. The summed E-state index contributed by atoms with van der Waals surface area (Å²) in [4.78, 5) is 22.6. The first-order chi connectivity index (χ1) is 7.76. The molecule has 0 aliphatic heterocycles. The van der Waals surface area contributed by atoms with Crippen molar-refractivity contribution < 1.29 is 14.3 Å². The van der Waals surface area contributed by atoms with Gasteiger partial charge in [0.25, 0.3) is 0 Å². The molecule has 0 aromatic heterocycles. The van der Waals surface area contributed by atoms with Crippen LogP contribution in [0.4, 0.5) is 4.79 Å². The third-order valence-electron chi connectivity index (χ3n) is 1.98. The normalized spacial score (nSPS) is 12.9. The fourth-order valence-electron chi connectivity index (χ4n) is 1.23. The van der Waals surface area contributed by atoms with Crippen molar-refractivity contribution in [3.05, 3.63) is 0 Å². The van der Waals surface area contributed by atoms with Crippen LogP contribution in [0.5, 0.6) is 0 Å². The van der Waals surface area contributed by atoms with Gasteiger partial charge < -0.3 is 21.5 Å². The summed E-state index contributed by atoms with van der Waals surface area (Å²) in [7, 11) is 0. The number of alkyl carbamates (subject to hydrolysis) is 1. The fraction of sp³-hybridized carbons (Fsp3) is 0.818. The molecule has 6 heteroatoms. The quantitative estimate of drug-likeness (QED) is 0.592. The monoisotopic (exact) mass is 245 g/mol. The van der Waals surface area contributed by atoms with Crippen molar-refractivity contribution in [1.29, 1.82) is 0 Å². The first-order valence-electron chi connectivity index (χ1n) is 5.75. The molecular weight excluding hydrogens is 222 g/mol. The van der Waals surface area contributed by atoms with Gasteiger partial charge in [0.1, 0.15) is 11.6 Å². The Morgan fingerprint density at radius 3 is 2.29 bits per heavy atom. The van der Waals surface area contributed by atoms with Crippen LogP contribution >= 0.6 is 0 Å². The lowest BCUT2D eigenvalue weighted by Gasteiger charge is -2.22. The lowest BCUT2D eigenvalue weighted by atomic mass is 10.1. The van der Waals surface area contributed by atoms with Gasteiger partial charge in [-0.2, -0.15) is 0 Å². The van der Waals surface area contributed by atoms with E-state index in [1.807, 2.05) is 0 Å². The van der Waals surface area contributed by atoms with Crippen LogP contribution in [-0.4, -0.2) is 30.2 Å². The minimum absolute atomic E-state index is 0.478. The van der Waals surface area contributed by atoms with E-state index >= 15 is 0 Å². The summed E-state index contributed by atoms with van der Waals surface area (Å²) >= 11 is 0. The average Bonchev–Trinajstić information content (AvgIpc) is 2.13. The Labute approximate surface area is 102 Å². The fourth-order valence-corrected chi connectivity index (χ4v) is 1.23. The molecule has 0 unspecified atom stereocenters. The van der Waals surface area contributed by atoms with Gasteiger partial charge in [-0.1, -0.05) is 0 Å². The largest absolute Gasteiger partial charge is 0.444 e. The molecule has 0 heterocycles. The zero-order valence-corrected chi connectivity index (χ0v) is 10.8. The SMILES string of the molecule is CC(C)(C)OC(=O)N[C@@H](CCCCN)C(N)=O. The van der Waals surface area contributed by atoms with Crippen LogP contribution in [-0.2, 0) is 9.53 Å². The van der Waals surface area contributed by atoms with Crippen LogP contribution in [0.1, 0.15) is 40.0 Å². The maximum atomic E-state index is 11.4. The number of ether oxygens (including phenoxy) is 1. The van der Waals surface area contributed by atoms with Crippen LogP contribution in [0.3, 0.4) is 0 Å². The Kier molecular flexibility index (Phi) is 6.57. The second kappa shape index (κ2) is 7.11. The van der Waals surface area contributed by atoms with Gasteiger partial charge in [-0.3, -0.25) is 4.79 Å². The molecule has 0 saturated heterocycles. The minimum atomic E-state index is -0.698. The molecule has 1 atom stereocenters. The molecule has 17 heavy (non-hydrogen) atoms. The van der Waals surface area contributed by atoms with Crippen molar-refractivity contribution in [1.82, 2.24) is 5.32 Å². The molecule has 0 fully saturated rings. The molecule has 0 spiro atoms. The van der Waals surface area contributed by atoms with Crippen molar-refractivity contribution in [2.24, 2.45) is 11.5 Å². The van der Waals surface area contributed by atoms with Gasteiger partial charge >= 0.3 is 6.09 Å². The molecule has 5 N–H and O–H groups in total. The lowest BCUT2D eigenvalue weighted by molar-refractivity contribution is -0.120. The Morgan fingerprint density at radius 2 is 1.88 bits per heavy atom. The Balaban J connectivity index is 4.16. The minimum Gasteiger partial charge on any atom is -0.444 e. The zero-order chi connectivity index (χ0) is 13.5. The molecule has 2 amide bonds. The Morgan fingerprint density at radius 1 is 1.29 bits per heavy atom. The van der Waals surface area contributed by atoms with Crippen LogP contribution < -0.4 is 16.8 Å². The predicted molar refractivity (Wildman–Crippen MR) is 65.3 cm³/mol. The molecule has 100 valence electrons. The number of carbonyl (C=O) groups excluding carboxylic acids is 2. The number of rotatable bonds is 6.